The molecule has 0 saturated carbocycles. The smallest absolute Gasteiger partial charge is 0.239 e. The van der Waals surface area contributed by atoms with Crippen LogP contribution < -0.4 is 5.32 Å². The third kappa shape index (κ3) is 4.27. The van der Waals surface area contributed by atoms with Crippen molar-refractivity contribution in [2.75, 3.05) is 14.1 Å². The number of para-hydroxylation sites is 1. The molecule has 4 heteroatoms. The highest BCUT2D eigenvalue weighted by Crippen LogP contribution is 2.18. The second kappa shape index (κ2) is 8.11. The molecule has 0 fully saturated rings. The number of pyridine rings is 1. The van der Waals surface area contributed by atoms with E-state index in [1.165, 1.54) is 0 Å². The summed E-state index contributed by atoms with van der Waals surface area (Å²) in [5, 5.41) is 4.59. The Labute approximate surface area is 154 Å². The minimum atomic E-state index is -0.296. The van der Waals surface area contributed by atoms with Gasteiger partial charge in [0.05, 0.1) is 17.3 Å². The van der Waals surface area contributed by atoms with Crippen LogP contribution in [0.25, 0.3) is 10.9 Å². The first-order valence-electron chi connectivity index (χ1n) is 8.91. The first-order valence-corrected chi connectivity index (χ1v) is 8.91. The van der Waals surface area contributed by atoms with Crippen molar-refractivity contribution in [3.05, 3.63) is 78.0 Å². The number of carbonyl (C=O) groups excluding carboxylic acids is 1. The van der Waals surface area contributed by atoms with Crippen LogP contribution >= 0.6 is 0 Å². The van der Waals surface area contributed by atoms with Crippen LogP contribution in [-0.4, -0.2) is 35.9 Å². The molecule has 2 atom stereocenters. The molecule has 0 unspecified atom stereocenters. The first kappa shape index (κ1) is 18.1. The van der Waals surface area contributed by atoms with Crippen LogP contribution in [-0.2, 0) is 11.2 Å². The molecule has 1 aromatic heterocycles. The number of fused-ring (bicyclic) bond motifs is 1. The summed E-state index contributed by atoms with van der Waals surface area (Å²) in [6.07, 6.45) is 0.649. The van der Waals surface area contributed by atoms with Crippen LogP contribution in [0.5, 0.6) is 0 Å². The lowest BCUT2D eigenvalue weighted by atomic mass is 10.0. The van der Waals surface area contributed by atoms with Gasteiger partial charge >= 0.3 is 0 Å². The van der Waals surface area contributed by atoms with E-state index < -0.39 is 0 Å². The molecule has 1 amide bonds. The van der Waals surface area contributed by atoms with Gasteiger partial charge in [-0.3, -0.25) is 15.1 Å². The molecular weight excluding hydrogens is 322 g/mol. The van der Waals surface area contributed by atoms with Crippen molar-refractivity contribution in [1.82, 2.24) is 15.2 Å². The molecule has 0 aliphatic rings. The van der Waals surface area contributed by atoms with Crippen molar-refractivity contribution in [2.24, 2.45) is 0 Å². The predicted molar refractivity (Wildman–Crippen MR) is 106 cm³/mol. The summed E-state index contributed by atoms with van der Waals surface area (Å²) < 4.78 is 0. The lowest BCUT2D eigenvalue weighted by molar-refractivity contribution is -0.131. The molecule has 0 aliphatic heterocycles. The molecule has 1 N–H and O–H groups in total. The molecule has 4 nitrogen and oxygen atoms in total. The maximum Gasteiger partial charge on any atom is 0.239 e. The van der Waals surface area contributed by atoms with Gasteiger partial charge in [0, 0.05) is 25.5 Å². The van der Waals surface area contributed by atoms with E-state index >= 15 is 0 Å². The standard InChI is InChI=1S/C22H25N3O/c1-16(19-14-13-18-11-7-8-12-20(18)24-19)23-21(22(26)25(2)3)15-17-9-5-4-6-10-17/h4-14,16,21,23H,15H2,1-3H3/t16-,21-/m1/s1. The highest BCUT2D eigenvalue weighted by atomic mass is 16.2. The fourth-order valence-corrected chi connectivity index (χ4v) is 3.09. The Kier molecular flexibility index (Phi) is 5.64. The molecule has 0 radical (unpaired) electrons. The Hall–Kier alpha value is -2.72. The SMILES string of the molecule is C[C@@H](N[C@H](Cc1ccccc1)C(=O)N(C)C)c1ccc2ccccc2n1. The maximum absolute atomic E-state index is 12.7. The molecule has 0 bridgehead atoms. The summed E-state index contributed by atoms with van der Waals surface area (Å²) in [6.45, 7) is 2.05. The first-order chi connectivity index (χ1) is 12.5. The summed E-state index contributed by atoms with van der Waals surface area (Å²) in [5.41, 5.74) is 3.05. The number of aromatic nitrogens is 1. The van der Waals surface area contributed by atoms with Gasteiger partial charge in [0.2, 0.25) is 5.91 Å². The minimum Gasteiger partial charge on any atom is -0.347 e. The quantitative estimate of drug-likeness (QED) is 0.741. The Morgan fingerprint density at radius 3 is 2.42 bits per heavy atom. The number of nitrogens with one attached hydrogen (secondary N) is 1. The van der Waals surface area contributed by atoms with Crippen LogP contribution in [0.1, 0.15) is 24.2 Å². The fourth-order valence-electron chi connectivity index (χ4n) is 3.09. The van der Waals surface area contributed by atoms with E-state index in [1.54, 1.807) is 19.0 Å². The molecule has 3 rings (SSSR count). The number of rotatable bonds is 6. The van der Waals surface area contributed by atoms with E-state index in [4.69, 9.17) is 4.98 Å². The van der Waals surface area contributed by atoms with E-state index in [-0.39, 0.29) is 18.0 Å². The van der Waals surface area contributed by atoms with Gasteiger partial charge in [0.15, 0.2) is 0 Å². The van der Waals surface area contributed by atoms with Crippen LogP contribution in [0.15, 0.2) is 66.7 Å². The molecule has 0 saturated heterocycles. The van der Waals surface area contributed by atoms with Crippen molar-refractivity contribution < 1.29 is 4.79 Å². The Morgan fingerprint density at radius 1 is 1.00 bits per heavy atom. The number of likely N-dealkylation sites (N-methyl/N-ethyl adjacent to an activating group) is 1. The molecule has 0 spiro atoms. The summed E-state index contributed by atoms with van der Waals surface area (Å²) in [6, 6.07) is 21.9. The van der Waals surface area contributed by atoms with Crippen LogP contribution in [0, 0.1) is 0 Å². The monoisotopic (exact) mass is 347 g/mol. The number of amides is 1. The van der Waals surface area contributed by atoms with Crippen molar-refractivity contribution in [3.8, 4) is 0 Å². The summed E-state index contributed by atoms with van der Waals surface area (Å²) in [4.78, 5) is 19.1. The van der Waals surface area contributed by atoms with Gasteiger partial charge in [-0.05, 0) is 31.0 Å². The number of hydrogen-bond acceptors (Lipinski definition) is 3. The van der Waals surface area contributed by atoms with Gasteiger partial charge in [-0.15, -0.1) is 0 Å². The van der Waals surface area contributed by atoms with E-state index in [9.17, 15) is 4.79 Å². The van der Waals surface area contributed by atoms with E-state index in [0.717, 1.165) is 22.2 Å². The molecular formula is C22H25N3O. The zero-order valence-electron chi connectivity index (χ0n) is 15.5. The Balaban J connectivity index is 1.81. The van der Waals surface area contributed by atoms with Gasteiger partial charge in [0.25, 0.3) is 0 Å². The largest absolute Gasteiger partial charge is 0.347 e. The molecule has 0 aliphatic carbocycles. The number of carbonyl (C=O) groups is 1. The lowest BCUT2D eigenvalue weighted by Crippen LogP contribution is -2.46. The van der Waals surface area contributed by atoms with Crippen molar-refractivity contribution in [1.29, 1.82) is 0 Å². The second-order valence-corrected chi connectivity index (χ2v) is 6.79. The molecule has 1 heterocycles. The molecule has 3 aromatic rings. The topological polar surface area (TPSA) is 45.2 Å². The Bertz CT molecular complexity index is 877. The average molecular weight is 347 g/mol. The van der Waals surface area contributed by atoms with Gasteiger partial charge in [0.1, 0.15) is 0 Å². The van der Waals surface area contributed by atoms with Crippen molar-refractivity contribution in [3.63, 3.8) is 0 Å². The second-order valence-electron chi connectivity index (χ2n) is 6.79. The van der Waals surface area contributed by atoms with Gasteiger partial charge in [-0.25, -0.2) is 0 Å². The summed E-state index contributed by atoms with van der Waals surface area (Å²) in [7, 11) is 3.59. The third-order valence-electron chi connectivity index (χ3n) is 4.54. The van der Waals surface area contributed by atoms with Gasteiger partial charge in [-0.2, -0.15) is 0 Å². The highest BCUT2D eigenvalue weighted by Gasteiger charge is 2.23. The number of nitrogens with zero attached hydrogens (tertiary/aromatic N) is 2. The zero-order valence-corrected chi connectivity index (χ0v) is 15.5. The maximum atomic E-state index is 12.7. The zero-order chi connectivity index (χ0) is 18.5. The average Bonchev–Trinajstić information content (AvgIpc) is 2.67. The van der Waals surface area contributed by atoms with Gasteiger partial charge < -0.3 is 4.90 Å². The Morgan fingerprint density at radius 2 is 1.69 bits per heavy atom. The normalized spacial score (nSPS) is 13.3. The summed E-state index contributed by atoms with van der Waals surface area (Å²) >= 11 is 0. The van der Waals surface area contributed by atoms with Crippen LogP contribution in [0.4, 0.5) is 0 Å². The van der Waals surface area contributed by atoms with Crippen molar-refractivity contribution >= 4 is 16.8 Å². The number of benzene rings is 2. The van der Waals surface area contributed by atoms with E-state index in [1.807, 2.05) is 42.5 Å². The van der Waals surface area contributed by atoms with E-state index in [2.05, 4.69) is 36.5 Å². The van der Waals surface area contributed by atoms with Crippen LogP contribution in [0.2, 0.25) is 0 Å². The summed E-state index contributed by atoms with van der Waals surface area (Å²) in [5.74, 6) is 0.0708. The molecule has 134 valence electrons. The predicted octanol–water partition coefficient (Wildman–Crippen LogP) is 3.58. The van der Waals surface area contributed by atoms with Crippen molar-refractivity contribution in [2.45, 2.75) is 25.4 Å². The van der Waals surface area contributed by atoms with E-state index in [0.29, 0.717) is 6.42 Å². The third-order valence-corrected chi connectivity index (χ3v) is 4.54. The number of hydrogen-bond donors (Lipinski definition) is 1. The fraction of sp³-hybridized carbons (Fsp3) is 0.273. The molecule has 2 aromatic carbocycles. The van der Waals surface area contributed by atoms with Gasteiger partial charge in [-0.1, -0.05) is 54.6 Å². The molecule has 26 heavy (non-hydrogen) atoms. The van der Waals surface area contributed by atoms with Crippen LogP contribution in [0.3, 0.4) is 0 Å². The minimum absolute atomic E-state index is 0.0304. The highest BCUT2D eigenvalue weighted by molar-refractivity contribution is 5.82. The lowest BCUT2D eigenvalue weighted by Gasteiger charge is -2.25.